The molecule has 0 amide bonds. The maximum absolute atomic E-state index is 12.9. The summed E-state index contributed by atoms with van der Waals surface area (Å²) in [6, 6.07) is 4.50. The van der Waals surface area contributed by atoms with Gasteiger partial charge in [-0.3, -0.25) is 19.2 Å². The highest BCUT2D eigenvalue weighted by Gasteiger charge is 2.38. The quantitative estimate of drug-likeness (QED) is 0.247. The van der Waals surface area contributed by atoms with Crippen LogP contribution in [0.4, 0.5) is 0 Å². The van der Waals surface area contributed by atoms with Crippen molar-refractivity contribution >= 4 is 23.9 Å². The molecule has 3 N–H and O–H groups in total. The minimum Gasteiger partial charge on any atom is -0.480 e. The molecule has 9 nitrogen and oxygen atoms in total. The molecule has 214 valence electrons. The molecule has 0 saturated carbocycles. The fourth-order valence-electron chi connectivity index (χ4n) is 3.35. The molecule has 0 aliphatic heterocycles. The van der Waals surface area contributed by atoms with Gasteiger partial charge >= 0.3 is 23.9 Å². The van der Waals surface area contributed by atoms with Crippen molar-refractivity contribution < 1.29 is 38.5 Å². The number of hydrogen-bond donors (Lipinski definition) is 2. The second kappa shape index (κ2) is 13.2. The zero-order chi connectivity index (χ0) is 29.5. The summed E-state index contributed by atoms with van der Waals surface area (Å²) in [6.07, 6.45) is 0.253. The molecule has 1 aromatic rings. The fourth-order valence-corrected chi connectivity index (χ4v) is 3.35. The monoisotopic (exact) mass is 535 g/mol. The van der Waals surface area contributed by atoms with Crippen LogP contribution >= 0.6 is 0 Å². The average molecular weight is 536 g/mol. The molecule has 0 bridgehead atoms. The summed E-state index contributed by atoms with van der Waals surface area (Å²) < 4.78 is 16.6. The van der Waals surface area contributed by atoms with E-state index < -0.39 is 46.4 Å². The molecule has 1 unspecified atom stereocenters. The smallest absolute Gasteiger partial charge is 0.324 e. The number of carbonyl (C=O) groups is 4. The number of hydrogen-bond acceptors (Lipinski definition) is 8. The van der Waals surface area contributed by atoms with Crippen molar-refractivity contribution in [2.75, 3.05) is 0 Å². The molecule has 1 rings (SSSR count). The predicted molar refractivity (Wildman–Crippen MR) is 144 cm³/mol. The Labute approximate surface area is 226 Å². The van der Waals surface area contributed by atoms with Crippen LogP contribution in [0.1, 0.15) is 93.6 Å². The maximum atomic E-state index is 12.9. The summed E-state index contributed by atoms with van der Waals surface area (Å²) >= 11 is 0. The first kappa shape index (κ1) is 33.1. The van der Waals surface area contributed by atoms with E-state index in [0.29, 0.717) is 18.4 Å². The Balaban J connectivity index is 3.33. The first-order chi connectivity index (χ1) is 17.4. The third-order valence-electron chi connectivity index (χ3n) is 6.79. The number of benzene rings is 1. The highest BCUT2D eigenvalue weighted by atomic mass is 16.6. The number of aliphatic carboxylic acids is 1. The van der Waals surface area contributed by atoms with E-state index in [0.717, 1.165) is 0 Å². The van der Waals surface area contributed by atoms with Gasteiger partial charge in [0.05, 0.1) is 10.8 Å². The normalized spacial score (nSPS) is 14.4. The lowest BCUT2D eigenvalue weighted by atomic mass is 9.86. The molecular formula is C29H45NO8. The highest BCUT2D eigenvalue weighted by molar-refractivity contribution is 5.82. The molecule has 9 heteroatoms. The standard InChI is InChI=1S/C29H45NO8/c1-10-27(6,7)25(34)37-21-13-12-20(15-22(21)38-26(35)28(8,9)11-2)17-29(30,24(32)33)16-19(5)36-23(31)14-18(3)4/h12-13,15,18-19H,10-11,14,16-17,30H2,1-9H3,(H,32,33)/t19-,29?/m0/s1. The van der Waals surface area contributed by atoms with Crippen LogP contribution in [0.25, 0.3) is 0 Å². The van der Waals surface area contributed by atoms with Crippen LogP contribution in [0, 0.1) is 16.7 Å². The van der Waals surface area contributed by atoms with E-state index in [-0.39, 0.29) is 36.7 Å². The lowest BCUT2D eigenvalue weighted by Gasteiger charge is -2.28. The SMILES string of the molecule is CCC(C)(C)C(=O)Oc1ccc(CC(N)(C[C@H](C)OC(=O)CC(C)C)C(=O)O)cc1OC(=O)C(C)(C)CC. The Hall–Kier alpha value is -2.94. The van der Waals surface area contributed by atoms with Gasteiger partial charge in [-0.2, -0.15) is 0 Å². The van der Waals surface area contributed by atoms with Crippen molar-refractivity contribution in [3.05, 3.63) is 23.8 Å². The Morgan fingerprint density at radius 1 is 0.895 bits per heavy atom. The van der Waals surface area contributed by atoms with Crippen LogP contribution in [0.2, 0.25) is 0 Å². The predicted octanol–water partition coefficient (Wildman–Crippen LogP) is 5.06. The molecule has 38 heavy (non-hydrogen) atoms. The van der Waals surface area contributed by atoms with Crippen LogP contribution < -0.4 is 15.2 Å². The van der Waals surface area contributed by atoms with Gasteiger partial charge < -0.3 is 25.1 Å². The van der Waals surface area contributed by atoms with E-state index in [1.807, 2.05) is 27.7 Å². The van der Waals surface area contributed by atoms with Crippen LogP contribution in [0.15, 0.2) is 18.2 Å². The van der Waals surface area contributed by atoms with E-state index in [4.69, 9.17) is 19.9 Å². The van der Waals surface area contributed by atoms with Gasteiger partial charge in [0.25, 0.3) is 0 Å². The van der Waals surface area contributed by atoms with Gasteiger partial charge in [0, 0.05) is 19.3 Å². The van der Waals surface area contributed by atoms with E-state index in [1.165, 1.54) is 12.1 Å². The summed E-state index contributed by atoms with van der Waals surface area (Å²) in [7, 11) is 0. The molecule has 0 heterocycles. The average Bonchev–Trinajstić information content (AvgIpc) is 2.79. The summed E-state index contributed by atoms with van der Waals surface area (Å²) in [5.74, 6) is -2.55. The van der Waals surface area contributed by atoms with Gasteiger partial charge in [-0.1, -0.05) is 33.8 Å². The maximum Gasteiger partial charge on any atom is 0.324 e. The van der Waals surface area contributed by atoms with E-state index in [2.05, 4.69) is 0 Å². The number of carboxylic acid groups (broad SMARTS) is 1. The number of carbonyl (C=O) groups excluding carboxylic acids is 3. The Bertz CT molecular complexity index is 1010. The van der Waals surface area contributed by atoms with Crippen molar-refractivity contribution in [2.24, 2.45) is 22.5 Å². The molecule has 0 radical (unpaired) electrons. The summed E-state index contributed by atoms with van der Waals surface area (Å²) in [4.78, 5) is 49.8. The number of esters is 3. The topological polar surface area (TPSA) is 142 Å². The van der Waals surface area contributed by atoms with Gasteiger partial charge in [0.1, 0.15) is 11.6 Å². The molecule has 0 aliphatic rings. The Morgan fingerprint density at radius 2 is 1.39 bits per heavy atom. The van der Waals surface area contributed by atoms with Crippen LogP contribution in [-0.4, -0.2) is 40.6 Å². The minimum atomic E-state index is -1.77. The zero-order valence-electron chi connectivity index (χ0n) is 24.3. The van der Waals surface area contributed by atoms with Crippen molar-refractivity contribution in [3.63, 3.8) is 0 Å². The van der Waals surface area contributed by atoms with Gasteiger partial charge in [-0.15, -0.1) is 0 Å². The molecule has 0 spiro atoms. The molecule has 0 aliphatic carbocycles. The van der Waals surface area contributed by atoms with Crippen molar-refractivity contribution in [1.29, 1.82) is 0 Å². The van der Waals surface area contributed by atoms with E-state index in [1.54, 1.807) is 40.7 Å². The number of nitrogens with two attached hydrogens (primary N) is 1. The van der Waals surface area contributed by atoms with E-state index in [9.17, 15) is 24.3 Å². The van der Waals surface area contributed by atoms with Gasteiger partial charge in [-0.05, 0) is 71.1 Å². The first-order valence-electron chi connectivity index (χ1n) is 13.2. The van der Waals surface area contributed by atoms with Crippen LogP contribution in [0.5, 0.6) is 11.5 Å². The van der Waals surface area contributed by atoms with Crippen molar-refractivity contribution in [1.82, 2.24) is 0 Å². The lowest BCUT2D eigenvalue weighted by Crippen LogP contribution is -2.52. The highest BCUT2D eigenvalue weighted by Crippen LogP contribution is 2.35. The van der Waals surface area contributed by atoms with Gasteiger partial charge in [-0.25, -0.2) is 0 Å². The third kappa shape index (κ3) is 9.42. The number of ether oxygens (including phenoxy) is 3. The summed E-state index contributed by atoms with van der Waals surface area (Å²) in [6.45, 7) is 16.1. The molecule has 0 aromatic heterocycles. The largest absolute Gasteiger partial charge is 0.480 e. The number of rotatable bonds is 14. The Morgan fingerprint density at radius 3 is 1.84 bits per heavy atom. The second-order valence-corrected chi connectivity index (χ2v) is 11.8. The summed E-state index contributed by atoms with van der Waals surface area (Å²) in [5.41, 5.74) is 3.42. The minimum absolute atomic E-state index is 0.00146. The van der Waals surface area contributed by atoms with Gasteiger partial charge in [0.15, 0.2) is 11.5 Å². The molecular weight excluding hydrogens is 490 g/mol. The second-order valence-electron chi connectivity index (χ2n) is 11.8. The van der Waals surface area contributed by atoms with E-state index >= 15 is 0 Å². The lowest BCUT2D eigenvalue weighted by molar-refractivity contribution is -0.154. The van der Waals surface area contributed by atoms with Crippen molar-refractivity contribution in [2.45, 2.75) is 106 Å². The Kier molecular flexibility index (Phi) is 11.5. The molecule has 1 aromatic carbocycles. The fraction of sp³-hybridized carbons (Fsp3) is 0.655. The molecule has 2 atom stereocenters. The third-order valence-corrected chi connectivity index (χ3v) is 6.79. The van der Waals surface area contributed by atoms with Crippen LogP contribution in [0.3, 0.4) is 0 Å². The molecule has 0 fully saturated rings. The summed E-state index contributed by atoms with van der Waals surface area (Å²) in [5, 5.41) is 9.95. The molecule has 0 saturated heterocycles. The van der Waals surface area contributed by atoms with Gasteiger partial charge in [0.2, 0.25) is 0 Å². The first-order valence-corrected chi connectivity index (χ1v) is 13.2. The van der Waals surface area contributed by atoms with Crippen LogP contribution in [-0.2, 0) is 30.3 Å². The number of carboxylic acids is 1. The van der Waals surface area contributed by atoms with Crippen molar-refractivity contribution in [3.8, 4) is 11.5 Å². The zero-order valence-corrected chi connectivity index (χ0v) is 24.3.